The van der Waals surface area contributed by atoms with E-state index in [-0.39, 0.29) is 5.41 Å². The van der Waals surface area contributed by atoms with Gasteiger partial charge >= 0.3 is 0 Å². The molecule has 0 radical (unpaired) electrons. The molecule has 1 unspecified atom stereocenters. The summed E-state index contributed by atoms with van der Waals surface area (Å²) < 4.78 is 2.06. The van der Waals surface area contributed by atoms with Gasteiger partial charge in [-0.2, -0.15) is 5.10 Å². The number of aromatic nitrogens is 2. The van der Waals surface area contributed by atoms with Crippen LogP contribution in [-0.2, 0) is 18.3 Å². The molecule has 0 bridgehead atoms. The first-order valence-corrected chi connectivity index (χ1v) is 8.95. The van der Waals surface area contributed by atoms with Gasteiger partial charge in [0.1, 0.15) is 0 Å². The van der Waals surface area contributed by atoms with Crippen LogP contribution in [0.1, 0.15) is 49.6 Å². The van der Waals surface area contributed by atoms with Crippen molar-refractivity contribution in [2.24, 2.45) is 0 Å². The second kappa shape index (κ2) is 5.96. The van der Waals surface area contributed by atoms with Crippen LogP contribution in [0.2, 0.25) is 0 Å². The van der Waals surface area contributed by atoms with Crippen LogP contribution < -0.4 is 0 Å². The Morgan fingerprint density at radius 3 is 2.81 bits per heavy atom. The van der Waals surface area contributed by atoms with E-state index in [0.29, 0.717) is 6.04 Å². The van der Waals surface area contributed by atoms with Gasteiger partial charge in [0.15, 0.2) is 0 Å². The number of rotatable bonds is 4. The van der Waals surface area contributed by atoms with Crippen molar-refractivity contribution < 1.29 is 0 Å². The van der Waals surface area contributed by atoms with Gasteiger partial charge in [0.25, 0.3) is 0 Å². The molecular formula is C18H23BrN2. The standard InChI is InChI=1S/C18H23BrN2/c1-14(2)21-11-9-16(20-21)12-18(13-19)10-5-7-15-6-3-4-8-17(15)18/h3-4,6,8-9,11,14H,5,7,10,12-13H2,1-2H3. The Hall–Kier alpha value is -1.09. The maximum absolute atomic E-state index is 4.77. The molecule has 2 nitrogen and oxygen atoms in total. The summed E-state index contributed by atoms with van der Waals surface area (Å²) in [7, 11) is 0. The molecular weight excluding hydrogens is 324 g/mol. The summed E-state index contributed by atoms with van der Waals surface area (Å²) in [5.41, 5.74) is 4.45. The van der Waals surface area contributed by atoms with Crippen molar-refractivity contribution in [2.75, 3.05) is 5.33 Å². The summed E-state index contributed by atoms with van der Waals surface area (Å²) >= 11 is 3.80. The Labute approximate surface area is 135 Å². The zero-order chi connectivity index (χ0) is 14.9. The lowest BCUT2D eigenvalue weighted by Gasteiger charge is -2.37. The molecule has 0 saturated heterocycles. The highest BCUT2D eigenvalue weighted by Gasteiger charge is 2.36. The Balaban J connectivity index is 1.94. The maximum atomic E-state index is 4.77. The Bertz CT molecular complexity index is 617. The highest BCUT2D eigenvalue weighted by atomic mass is 79.9. The van der Waals surface area contributed by atoms with Crippen molar-refractivity contribution in [1.82, 2.24) is 9.78 Å². The van der Waals surface area contributed by atoms with Crippen molar-refractivity contribution in [3.63, 3.8) is 0 Å². The third-order valence-electron chi connectivity index (χ3n) is 4.66. The van der Waals surface area contributed by atoms with E-state index in [4.69, 9.17) is 5.10 Å². The van der Waals surface area contributed by atoms with Gasteiger partial charge in [0.05, 0.1) is 5.69 Å². The SMILES string of the molecule is CC(C)n1ccc(CC2(CBr)CCCc3ccccc32)n1. The molecule has 0 amide bonds. The van der Waals surface area contributed by atoms with Crippen molar-refractivity contribution in [3.05, 3.63) is 53.3 Å². The fourth-order valence-electron chi connectivity index (χ4n) is 3.48. The van der Waals surface area contributed by atoms with Gasteiger partial charge in [0, 0.05) is 29.4 Å². The summed E-state index contributed by atoms with van der Waals surface area (Å²) in [4.78, 5) is 0. The highest BCUT2D eigenvalue weighted by molar-refractivity contribution is 9.09. The zero-order valence-electron chi connectivity index (χ0n) is 12.8. The quantitative estimate of drug-likeness (QED) is 0.735. The van der Waals surface area contributed by atoms with Gasteiger partial charge < -0.3 is 0 Å². The molecule has 3 heteroatoms. The highest BCUT2D eigenvalue weighted by Crippen LogP contribution is 2.41. The normalized spacial score (nSPS) is 21.5. The predicted molar refractivity (Wildman–Crippen MR) is 91.2 cm³/mol. The van der Waals surface area contributed by atoms with Gasteiger partial charge in [-0.15, -0.1) is 0 Å². The number of hydrogen-bond donors (Lipinski definition) is 0. The number of alkyl halides is 1. The van der Waals surface area contributed by atoms with Crippen molar-refractivity contribution in [1.29, 1.82) is 0 Å². The lowest BCUT2D eigenvalue weighted by atomic mass is 9.69. The number of nitrogens with zero attached hydrogens (tertiary/aromatic N) is 2. The molecule has 112 valence electrons. The van der Waals surface area contributed by atoms with Crippen LogP contribution in [-0.4, -0.2) is 15.1 Å². The Morgan fingerprint density at radius 2 is 2.10 bits per heavy atom. The number of halogens is 1. The molecule has 1 aromatic carbocycles. The summed E-state index contributed by atoms with van der Waals surface area (Å²) in [5.74, 6) is 0. The number of fused-ring (bicyclic) bond motifs is 1. The largest absolute Gasteiger partial charge is 0.270 e. The monoisotopic (exact) mass is 346 g/mol. The molecule has 1 aliphatic rings. The molecule has 1 atom stereocenters. The Morgan fingerprint density at radius 1 is 1.29 bits per heavy atom. The molecule has 0 spiro atoms. The van der Waals surface area contributed by atoms with Crippen LogP contribution in [0.3, 0.4) is 0 Å². The van der Waals surface area contributed by atoms with Gasteiger partial charge in [-0.1, -0.05) is 40.2 Å². The van der Waals surface area contributed by atoms with Crippen LogP contribution in [0.5, 0.6) is 0 Å². The fraction of sp³-hybridized carbons (Fsp3) is 0.500. The van der Waals surface area contributed by atoms with Crippen LogP contribution in [0.15, 0.2) is 36.5 Å². The van der Waals surface area contributed by atoms with Gasteiger partial charge in [-0.25, -0.2) is 0 Å². The number of benzene rings is 1. The average molecular weight is 347 g/mol. The fourth-order valence-corrected chi connectivity index (χ4v) is 4.26. The molecule has 0 aliphatic heterocycles. The van der Waals surface area contributed by atoms with Gasteiger partial charge in [-0.3, -0.25) is 4.68 Å². The van der Waals surface area contributed by atoms with Crippen molar-refractivity contribution >= 4 is 15.9 Å². The molecule has 3 rings (SSSR count). The summed E-state index contributed by atoms with van der Waals surface area (Å²) in [6.45, 7) is 4.35. The lowest BCUT2D eigenvalue weighted by Crippen LogP contribution is -2.35. The maximum Gasteiger partial charge on any atom is 0.0633 e. The van der Waals surface area contributed by atoms with E-state index in [0.717, 1.165) is 11.8 Å². The van der Waals surface area contributed by atoms with E-state index in [1.807, 2.05) is 0 Å². The topological polar surface area (TPSA) is 17.8 Å². The van der Waals surface area contributed by atoms with Gasteiger partial charge in [-0.05, 0) is 50.3 Å². The molecule has 1 aliphatic carbocycles. The second-order valence-electron chi connectivity index (χ2n) is 6.48. The van der Waals surface area contributed by atoms with Crippen molar-refractivity contribution in [3.8, 4) is 0 Å². The van der Waals surface area contributed by atoms with Crippen LogP contribution in [0.25, 0.3) is 0 Å². The van der Waals surface area contributed by atoms with E-state index in [1.54, 1.807) is 0 Å². The minimum absolute atomic E-state index is 0.199. The minimum atomic E-state index is 0.199. The molecule has 1 aromatic heterocycles. The molecule has 0 N–H and O–H groups in total. The molecule has 0 saturated carbocycles. The molecule has 0 fully saturated rings. The summed E-state index contributed by atoms with van der Waals surface area (Å²) in [6.07, 6.45) is 6.86. The first-order valence-electron chi connectivity index (χ1n) is 7.83. The van der Waals surface area contributed by atoms with E-state index in [1.165, 1.54) is 36.1 Å². The molecule has 2 aromatic rings. The first-order chi connectivity index (χ1) is 10.1. The minimum Gasteiger partial charge on any atom is -0.270 e. The van der Waals surface area contributed by atoms with E-state index < -0.39 is 0 Å². The van der Waals surface area contributed by atoms with Gasteiger partial charge in [0.2, 0.25) is 0 Å². The lowest BCUT2D eigenvalue weighted by molar-refractivity contribution is 0.394. The van der Waals surface area contributed by atoms with Crippen molar-refractivity contribution in [2.45, 2.75) is 51.0 Å². The smallest absolute Gasteiger partial charge is 0.0633 e. The zero-order valence-corrected chi connectivity index (χ0v) is 14.4. The first kappa shape index (κ1) is 14.8. The number of aryl methyl sites for hydroxylation is 1. The molecule has 1 heterocycles. The van der Waals surface area contributed by atoms with Crippen LogP contribution >= 0.6 is 15.9 Å². The average Bonchev–Trinajstić information content (AvgIpc) is 2.96. The van der Waals surface area contributed by atoms with E-state index in [9.17, 15) is 0 Å². The second-order valence-corrected chi connectivity index (χ2v) is 7.04. The summed E-state index contributed by atoms with van der Waals surface area (Å²) in [6, 6.07) is 11.6. The van der Waals surface area contributed by atoms with Crippen LogP contribution in [0.4, 0.5) is 0 Å². The molecule has 21 heavy (non-hydrogen) atoms. The third-order valence-corrected chi connectivity index (χ3v) is 5.73. The van der Waals surface area contributed by atoms with Crippen LogP contribution in [0, 0.1) is 0 Å². The van der Waals surface area contributed by atoms with E-state index >= 15 is 0 Å². The Kier molecular flexibility index (Phi) is 4.21. The predicted octanol–water partition coefficient (Wildman–Crippen LogP) is 4.68. The van der Waals surface area contributed by atoms with E-state index in [2.05, 4.69) is 71.0 Å². The third kappa shape index (κ3) is 2.80. The summed E-state index contributed by atoms with van der Waals surface area (Å²) in [5, 5.41) is 5.77. The number of hydrogen-bond acceptors (Lipinski definition) is 1.